The number of likely N-dealkylation sites (N-methyl/N-ethyl adjacent to an activating group) is 1. The predicted molar refractivity (Wildman–Crippen MR) is 96.6 cm³/mol. The molecule has 0 aliphatic carbocycles. The molecule has 2 aromatic rings. The predicted octanol–water partition coefficient (Wildman–Crippen LogP) is 1.76. The summed E-state index contributed by atoms with van der Waals surface area (Å²) in [5.41, 5.74) is 0.295. The fourth-order valence-corrected chi connectivity index (χ4v) is 2.35. The van der Waals surface area contributed by atoms with Gasteiger partial charge in [0.25, 0.3) is 5.56 Å². The lowest BCUT2D eigenvalue weighted by Crippen LogP contribution is -2.27. The van der Waals surface area contributed by atoms with Gasteiger partial charge in [-0.3, -0.25) is 9.36 Å². The number of nitrogens with zero attached hydrogens (tertiary/aromatic N) is 3. The summed E-state index contributed by atoms with van der Waals surface area (Å²) >= 11 is 0. The SMILES string of the molecule is CCN(CC)CCOc1ccc2ncn(/C=C/C(=O)OC)c(=O)c2c1. The third kappa shape index (κ3) is 4.90. The summed E-state index contributed by atoms with van der Waals surface area (Å²) in [7, 11) is 1.27. The molecule has 0 amide bonds. The van der Waals surface area contributed by atoms with Crippen molar-refractivity contribution in [2.75, 3.05) is 33.4 Å². The molecule has 25 heavy (non-hydrogen) atoms. The third-order valence-electron chi connectivity index (χ3n) is 3.90. The van der Waals surface area contributed by atoms with E-state index in [0.29, 0.717) is 23.3 Å². The van der Waals surface area contributed by atoms with Gasteiger partial charge in [0.1, 0.15) is 18.7 Å². The first-order chi connectivity index (χ1) is 12.1. The van der Waals surface area contributed by atoms with Gasteiger partial charge in [0.2, 0.25) is 0 Å². The van der Waals surface area contributed by atoms with E-state index in [9.17, 15) is 9.59 Å². The van der Waals surface area contributed by atoms with Gasteiger partial charge < -0.3 is 14.4 Å². The van der Waals surface area contributed by atoms with Crippen LogP contribution in [0.2, 0.25) is 0 Å². The molecule has 0 unspecified atom stereocenters. The molecule has 1 aromatic heterocycles. The molecule has 7 heteroatoms. The first-order valence-corrected chi connectivity index (χ1v) is 8.21. The van der Waals surface area contributed by atoms with E-state index in [1.165, 1.54) is 30.3 Å². The molecule has 0 fully saturated rings. The van der Waals surface area contributed by atoms with Crippen molar-refractivity contribution in [3.63, 3.8) is 0 Å². The molecular weight excluding hydrogens is 322 g/mol. The molecule has 2 rings (SSSR count). The Morgan fingerprint density at radius 2 is 2.08 bits per heavy atom. The Balaban J connectivity index is 2.20. The number of carbonyl (C=O) groups excluding carboxylic acids is 1. The maximum atomic E-state index is 12.5. The van der Waals surface area contributed by atoms with E-state index < -0.39 is 5.97 Å². The Morgan fingerprint density at radius 1 is 1.32 bits per heavy atom. The molecule has 0 N–H and O–H groups in total. The molecule has 1 heterocycles. The van der Waals surface area contributed by atoms with Crippen molar-refractivity contribution < 1.29 is 14.3 Å². The van der Waals surface area contributed by atoms with Crippen LogP contribution in [0.15, 0.2) is 35.4 Å². The first-order valence-electron chi connectivity index (χ1n) is 8.21. The van der Waals surface area contributed by atoms with E-state index in [1.807, 2.05) is 0 Å². The van der Waals surface area contributed by atoms with Crippen LogP contribution in [-0.2, 0) is 9.53 Å². The Hall–Kier alpha value is -2.67. The minimum Gasteiger partial charge on any atom is -0.492 e. The number of esters is 1. The Labute approximate surface area is 146 Å². The summed E-state index contributed by atoms with van der Waals surface area (Å²) in [4.78, 5) is 30.2. The van der Waals surface area contributed by atoms with E-state index in [-0.39, 0.29) is 5.56 Å². The summed E-state index contributed by atoms with van der Waals surface area (Å²) in [5.74, 6) is 0.0775. The van der Waals surface area contributed by atoms with Gasteiger partial charge in [-0.25, -0.2) is 9.78 Å². The van der Waals surface area contributed by atoms with Gasteiger partial charge in [-0.2, -0.15) is 0 Å². The molecule has 0 saturated carbocycles. The van der Waals surface area contributed by atoms with Gasteiger partial charge in [0.05, 0.1) is 18.0 Å². The van der Waals surface area contributed by atoms with Crippen LogP contribution in [0.1, 0.15) is 13.8 Å². The molecule has 0 aliphatic rings. The third-order valence-corrected chi connectivity index (χ3v) is 3.90. The largest absolute Gasteiger partial charge is 0.492 e. The van der Waals surface area contributed by atoms with Crippen LogP contribution in [0.25, 0.3) is 17.1 Å². The van der Waals surface area contributed by atoms with Crippen molar-refractivity contribution in [3.8, 4) is 5.75 Å². The fourth-order valence-electron chi connectivity index (χ4n) is 2.35. The molecule has 0 bridgehead atoms. The molecule has 0 radical (unpaired) electrons. The average molecular weight is 345 g/mol. The van der Waals surface area contributed by atoms with Crippen LogP contribution < -0.4 is 10.3 Å². The van der Waals surface area contributed by atoms with Crippen LogP contribution in [0.4, 0.5) is 0 Å². The molecule has 0 atom stereocenters. The number of ether oxygens (including phenoxy) is 2. The second-order valence-electron chi connectivity index (χ2n) is 5.35. The lowest BCUT2D eigenvalue weighted by Gasteiger charge is -2.18. The lowest BCUT2D eigenvalue weighted by molar-refractivity contribution is -0.134. The van der Waals surface area contributed by atoms with Crippen LogP contribution in [0.5, 0.6) is 5.75 Å². The topological polar surface area (TPSA) is 73.7 Å². The van der Waals surface area contributed by atoms with Gasteiger partial charge in [-0.05, 0) is 31.3 Å². The normalized spacial score (nSPS) is 11.4. The van der Waals surface area contributed by atoms with Crippen LogP contribution in [0.3, 0.4) is 0 Å². The van der Waals surface area contributed by atoms with Crippen molar-refractivity contribution >= 4 is 23.1 Å². The van der Waals surface area contributed by atoms with Crippen molar-refractivity contribution in [1.29, 1.82) is 0 Å². The number of hydrogen-bond acceptors (Lipinski definition) is 6. The molecule has 7 nitrogen and oxygen atoms in total. The monoisotopic (exact) mass is 345 g/mol. The quantitative estimate of drug-likeness (QED) is 0.536. The summed E-state index contributed by atoms with van der Waals surface area (Å²) in [5, 5.41) is 0.428. The Kier molecular flexibility index (Phi) is 6.71. The molecule has 0 aliphatic heterocycles. The fraction of sp³-hybridized carbons (Fsp3) is 0.389. The van der Waals surface area contributed by atoms with Crippen LogP contribution in [-0.4, -0.2) is 53.8 Å². The van der Waals surface area contributed by atoms with Crippen molar-refractivity contribution in [2.45, 2.75) is 13.8 Å². The maximum Gasteiger partial charge on any atom is 0.331 e. The van der Waals surface area contributed by atoms with E-state index in [0.717, 1.165) is 19.6 Å². The minimum atomic E-state index is -0.541. The highest BCUT2D eigenvalue weighted by Crippen LogP contribution is 2.16. The Bertz CT molecular complexity index is 810. The van der Waals surface area contributed by atoms with Crippen molar-refractivity contribution in [1.82, 2.24) is 14.5 Å². The highest BCUT2D eigenvalue weighted by atomic mass is 16.5. The van der Waals surface area contributed by atoms with E-state index in [2.05, 4.69) is 28.5 Å². The second kappa shape index (κ2) is 8.98. The number of fused-ring (bicyclic) bond motifs is 1. The zero-order valence-electron chi connectivity index (χ0n) is 14.8. The van der Waals surface area contributed by atoms with Crippen molar-refractivity contribution in [3.05, 3.63) is 41.0 Å². The van der Waals surface area contributed by atoms with Crippen LogP contribution >= 0.6 is 0 Å². The van der Waals surface area contributed by atoms with Gasteiger partial charge >= 0.3 is 5.97 Å². The van der Waals surface area contributed by atoms with E-state index in [1.54, 1.807) is 18.2 Å². The summed E-state index contributed by atoms with van der Waals surface area (Å²) in [6, 6.07) is 5.22. The number of rotatable bonds is 8. The highest BCUT2D eigenvalue weighted by Gasteiger charge is 2.06. The summed E-state index contributed by atoms with van der Waals surface area (Å²) in [6.07, 6.45) is 3.86. The molecule has 0 spiro atoms. The molecular formula is C18H23N3O4. The second-order valence-corrected chi connectivity index (χ2v) is 5.35. The zero-order chi connectivity index (χ0) is 18.2. The number of hydrogen-bond donors (Lipinski definition) is 0. The first kappa shape index (κ1) is 18.7. The summed E-state index contributed by atoms with van der Waals surface area (Å²) < 4.78 is 11.5. The van der Waals surface area contributed by atoms with Gasteiger partial charge in [-0.15, -0.1) is 0 Å². The van der Waals surface area contributed by atoms with Crippen LogP contribution in [0, 0.1) is 0 Å². The Morgan fingerprint density at radius 3 is 2.76 bits per heavy atom. The lowest BCUT2D eigenvalue weighted by atomic mass is 10.2. The minimum absolute atomic E-state index is 0.278. The molecule has 0 saturated heterocycles. The highest BCUT2D eigenvalue weighted by molar-refractivity contribution is 5.85. The number of aromatic nitrogens is 2. The standard InChI is InChI=1S/C18H23N3O4/c1-4-20(5-2)10-11-25-14-6-7-16-15(12-14)18(23)21(13-19-16)9-8-17(22)24-3/h6-9,12-13H,4-5,10-11H2,1-3H3/b9-8+. The number of carbonyl (C=O) groups is 1. The zero-order valence-corrected chi connectivity index (χ0v) is 14.8. The van der Waals surface area contributed by atoms with Gasteiger partial charge in [0.15, 0.2) is 0 Å². The molecule has 1 aromatic carbocycles. The van der Waals surface area contributed by atoms with Gasteiger partial charge in [0, 0.05) is 18.8 Å². The molecule has 134 valence electrons. The van der Waals surface area contributed by atoms with Gasteiger partial charge in [-0.1, -0.05) is 13.8 Å². The average Bonchev–Trinajstić information content (AvgIpc) is 2.64. The van der Waals surface area contributed by atoms with E-state index in [4.69, 9.17) is 4.74 Å². The van der Waals surface area contributed by atoms with E-state index >= 15 is 0 Å². The summed E-state index contributed by atoms with van der Waals surface area (Å²) in [6.45, 7) is 7.52. The van der Waals surface area contributed by atoms with Crippen molar-refractivity contribution in [2.24, 2.45) is 0 Å². The smallest absolute Gasteiger partial charge is 0.331 e. The maximum absolute atomic E-state index is 12.5. The number of benzene rings is 1. The number of methoxy groups -OCH3 is 1.